The maximum absolute atomic E-state index is 6.46. The van der Waals surface area contributed by atoms with Gasteiger partial charge in [-0.05, 0) is 85.5 Å². The van der Waals surface area contributed by atoms with E-state index in [1.165, 1.54) is 12.8 Å². The highest BCUT2D eigenvalue weighted by molar-refractivity contribution is 6.60. The molecule has 2 aliphatic rings. The summed E-state index contributed by atoms with van der Waals surface area (Å²) >= 11 is 0. The topological polar surface area (TPSA) is 27.7 Å². The van der Waals surface area contributed by atoms with Gasteiger partial charge in [-0.15, -0.1) is 0 Å². The summed E-state index contributed by atoms with van der Waals surface area (Å²) in [6.07, 6.45) is 8.95. The molecule has 2 rings (SSSR count). The van der Waals surface area contributed by atoms with Gasteiger partial charge in [-0.3, -0.25) is 0 Å². The Morgan fingerprint density at radius 2 is 1.61 bits per heavy atom. The van der Waals surface area contributed by atoms with Crippen LogP contribution in [0.1, 0.15) is 67.7 Å². The van der Waals surface area contributed by atoms with E-state index in [1.54, 1.807) is 0 Å². The third-order valence-corrected chi connectivity index (χ3v) is 8.02. The van der Waals surface area contributed by atoms with E-state index in [4.69, 9.17) is 13.3 Å². The first-order valence-electron chi connectivity index (χ1n) is 9.33. The molecule has 0 amide bonds. The van der Waals surface area contributed by atoms with E-state index in [-0.39, 0.29) is 17.8 Å². The van der Waals surface area contributed by atoms with Crippen molar-refractivity contribution in [3.8, 4) is 0 Å². The Kier molecular flexibility index (Phi) is 6.15. The molecule has 0 aliphatic heterocycles. The highest BCUT2D eigenvalue weighted by atomic mass is 28.4. The Balaban J connectivity index is 2.07. The fourth-order valence-electron chi connectivity index (χ4n) is 4.02. The summed E-state index contributed by atoms with van der Waals surface area (Å²) in [6, 6.07) is 0.933. The second-order valence-electron chi connectivity index (χ2n) is 8.81. The monoisotopic (exact) mass is 340 g/mol. The van der Waals surface area contributed by atoms with Gasteiger partial charge in [0.05, 0.1) is 5.60 Å². The lowest BCUT2D eigenvalue weighted by molar-refractivity contribution is -0.0307. The molecular weight excluding hydrogens is 304 g/mol. The van der Waals surface area contributed by atoms with Gasteiger partial charge in [0.25, 0.3) is 0 Å². The van der Waals surface area contributed by atoms with Crippen molar-refractivity contribution >= 4 is 8.80 Å². The molecule has 0 aromatic carbocycles. The minimum absolute atomic E-state index is 0.127. The number of allylic oxidation sites excluding steroid dienone is 2. The van der Waals surface area contributed by atoms with Crippen molar-refractivity contribution in [2.45, 2.75) is 91.6 Å². The summed E-state index contributed by atoms with van der Waals surface area (Å²) < 4.78 is 19.1. The highest BCUT2D eigenvalue weighted by Crippen LogP contribution is 2.46. The summed E-state index contributed by atoms with van der Waals surface area (Å²) in [5.41, 5.74) is -0.245. The van der Waals surface area contributed by atoms with Gasteiger partial charge in [0.2, 0.25) is 0 Å². The van der Waals surface area contributed by atoms with Gasteiger partial charge >= 0.3 is 8.80 Å². The van der Waals surface area contributed by atoms with Crippen LogP contribution in [0.25, 0.3) is 0 Å². The molecule has 134 valence electrons. The van der Waals surface area contributed by atoms with Crippen LogP contribution in [0.5, 0.6) is 0 Å². The zero-order valence-electron chi connectivity index (χ0n) is 16.1. The van der Waals surface area contributed by atoms with Gasteiger partial charge in [-0.2, -0.15) is 0 Å². The van der Waals surface area contributed by atoms with Crippen LogP contribution in [0.2, 0.25) is 6.04 Å². The Morgan fingerprint density at radius 1 is 1.00 bits per heavy atom. The lowest BCUT2D eigenvalue weighted by Crippen LogP contribution is -2.53. The largest absolute Gasteiger partial charge is 0.501 e. The summed E-state index contributed by atoms with van der Waals surface area (Å²) in [5, 5.41) is 0. The Hall–Kier alpha value is -0.163. The molecular formula is C19H36O3Si. The molecule has 0 heterocycles. The van der Waals surface area contributed by atoms with Crippen LogP contribution in [-0.2, 0) is 13.3 Å². The molecule has 0 aromatic heterocycles. The fraction of sp³-hybridized carbons (Fsp3) is 0.895. The third-order valence-electron chi connectivity index (χ3n) is 4.53. The quantitative estimate of drug-likeness (QED) is 0.449. The first-order chi connectivity index (χ1) is 10.6. The van der Waals surface area contributed by atoms with Gasteiger partial charge in [0.15, 0.2) is 0 Å². The van der Waals surface area contributed by atoms with Gasteiger partial charge in [0, 0.05) is 18.3 Å². The summed E-state index contributed by atoms with van der Waals surface area (Å²) in [6.45, 7) is 14.6. The average molecular weight is 341 g/mol. The normalized spacial score (nSPS) is 27.6. The van der Waals surface area contributed by atoms with Crippen molar-refractivity contribution in [2.75, 3.05) is 0 Å². The van der Waals surface area contributed by atoms with E-state index in [1.807, 2.05) is 0 Å². The zero-order chi connectivity index (χ0) is 17.3. The van der Waals surface area contributed by atoms with E-state index < -0.39 is 8.80 Å². The zero-order valence-corrected chi connectivity index (χ0v) is 17.1. The summed E-state index contributed by atoms with van der Waals surface area (Å²) in [7, 11) is -2.68. The second-order valence-corrected chi connectivity index (χ2v) is 11.4. The van der Waals surface area contributed by atoms with Crippen LogP contribution in [-0.4, -0.2) is 26.6 Å². The maximum Gasteiger partial charge on any atom is 0.501 e. The molecule has 0 saturated heterocycles. The number of hydrogen-bond acceptors (Lipinski definition) is 3. The molecule has 1 saturated carbocycles. The van der Waals surface area contributed by atoms with Crippen LogP contribution in [0, 0.1) is 17.8 Å². The fourth-order valence-corrected chi connectivity index (χ4v) is 7.60. The number of hydrogen-bond donors (Lipinski definition) is 0. The van der Waals surface area contributed by atoms with Crippen molar-refractivity contribution in [1.29, 1.82) is 0 Å². The molecule has 0 spiro atoms. The molecule has 3 unspecified atom stereocenters. The van der Waals surface area contributed by atoms with Crippen molar-refractivity contribution in [1.82, 2.24) is 0 Å². The van der Waals surface area contributed by atoms with Gasteiger partial charge in [0.1, 0.15) is 0 Å². The molecule has 0 radical (unpaired) electrons. The Labute approximate surface area is 144 Å². The third kappa shape index (κ3) is 5.70. The first-order valence-corrected chi connectivity index (χ1v) is 11.3. The second kappa shape index (κ2) is 7.38. The van der Waals surface area contributed by atoms with Crippen LogP contribution in [0.4, 0.5) is 0 Å². The maximum atomic E-state index is 6.46. The molecule has 4 heteroatoms. The van der Waals surface area contributed by atoms with E-state index in [2.05, 4.69) is 60.6 Å². The number of rotatable bonds is 8. The van der Waals surface area contributed by atoms with E-state index >= 15 is 0 Å². The van der Waals surface area contributed by atoms with Crippen molar-refractivity contribution in [3.63, 3.8) is 0 Å². The first kappa shape index (κ1) is 19.2. The van der Waals surface area contributed by atoms with Gasteiger partial charge in [-0.1, -0.05) is 12.2 Å². The van der Waals surface area contributed by atoms with Crippen molar-refractivity contribution in [2.24, 2.45) is 17.8 Å². The molecule has 2 aliphatic carbocycles. The van der Waals surface area contributed by atoms with Crippen LogP contribution < -0.4 is 0 Å². The molecule has 3 nitrogen and oxygen atoms in total. The van der Waals surface area contributed by atoms with Crippen LogP contribution >= 0.6 is 0 Å². The van der Waals surface area contributed by atoms with Crippen LogP contribution in [0.15, 0.2) is 12.2 Å². The van der Waals surface area contributed by atoms with E-state index in [0.717, 1.165) is 30.2 Å². The van der Waals surface area contributed by atoms with Crippen molar-refractivity contribution in [3.05, 3.63) is 12.2 Å². The standard InChI is InChI=1S/C19H36O3Si/c1-14(2)20-23(21-15(3)4,22-19(5,6)7)11-10-18-13-16-8-9-17(18)12-16/h8-9,14-18H,10-13H2,1-7H3. The highest BCUT2D eigenvalue weighted by Gasteiger charge is 2.47. The minimum Gasteiger partial charge on any atom is -0.371 e. The average Bonchev–Trinajstić information content (AvgIpc) is 2.94. The SMILES string of the molecule is CC(C)O[Si](CCC1CC2C=CC1C2)(OC(C)C)OC(C)(C)C. The van der Waals surface area contributed by atoms with Gasteiger partial charge < -0.3 is 13.3 Å². The molecule has 0 N–H and O–H groups in total. The molecule has 3 atom stereocenters. The molecule has 0 aromatic rings. The predicted octanol–water partition coefficient (Wildman–Crippen LogP) is 5.19. The lowest BCUT2D eigenvalue weighted by atomic mass is 9.91. The smallest absolute Gasteiger partial charge is 0.371 e. The Morgan fingerprint density at radius 3 is 2.00 bits per heavy atom. The molecule has 2 bridgehead atoms. The molecule has 23 heavy (non-hydrogen) atoms. The summed E-state index contributed by atoms with van der Waals surface area (Å²) in [5.74, 6) is 2.38. The van der Waals surface area contributed by atoms with Crippen molar-refractivity contribution < 1.29 is 13.3 Å². The molecule has 1 fully saturated rings. The predicted molar refractivity (Wildman–Crippen MR) is 97.3 cm³/mol. The minimum atomic E-state index is -2.68. The van der Waals surface area contributed by atoms with E-state index in [0.29, 0.717) is 0 Å². The Bertz CT molecular complexity index is 401. The summed E-state index contributed by atoms with van der Waals surface area (Å²) in [4.78, 5) is 0. The number of fused-ring (bicyclic) bond motifs is 2. The van der Waals surface area contributed by atoms with Crippen LogP contribution in [0.3, 0.4) is 0 Å². The van der Waals surface area contributed by atoms with E-state index in [9.17, 15) is 0 Å². The lowest BCUT2D eigenvalue weighted by Gasteiger charge is -2.38. The van der Waals surface area contributed by atoms with Gasteiger partial charge in [-0.25, -0.2) is 0 Å².